The van der Waals surface area contributed by atoms with Crippen molar-refractivity contribution in [3.8, 4) is 0 Å². The van der Waals surface area contributed by atoms with Gasteiger partial charge in [-0.05, 0) is 30.9 Å². The zero-order chi connectivity index (χ0) is 19.7. The first-order chi connectivity index (χ1) is 13.6. The van der Waals surface area contributed by atoms with Crippen LogP contribution in [-0.4, -0.2) is 48.3 Å². The van der Waals surface area contributed by atoms with Crippen molar-refractivity contribution in [1.29, 1.82) is 0 Å². The maximum atomic E-state index is 12.4. The highest BCUT2D eigenvalue weighted by Crippen LogP contribution is 2.38. The summed E-state index contributed by atoms with van der Waals surface area (Å²) in [5.41, 5.74) is 1.97. The molecule has 0 bridgehead atoms. The Morgan fingerprint density at radius 1 is 1.04 bits per heavy atom. The number of imide groups is 1. The Hall–Kier alpha value is -2.70. The molecule has 0 radical (unpaired) electrons. The van der Waals surface area contributed by atoms with Crippen molar-refractivity contribution < 1.29 is 23.9 Å². The zero-order valence-corrected chi connectivity index (χ0v) is 15.8. The van der Waals surface area contributed by atoms with Crippen molar-refractivity contribution >= 4 is 29.4 Å². The minimum Gasteiger partial charge on any atom is -0.455 e. The first kappa shape index (κ1) is 18.7. The van der Waals surface area contributed by atoms with E-state index < -0.39 is 5.97 Å². The van der Waals surface area contributed by atoms with Crippen LogP contribution >= 0.6 is 0 Å². The quantitative estimate of drug-likeness (QED) is 0.570. The fraction of sp³-hybridized carbons (Fsp3) is 0.524. The molecule has 3 amide bonds. The number of carbonyl (C=O) groups excluding carboxylic acids is 4. The normalized spacial score (nSPS) is 23.6. The van der Waals surface area contributed by atoms with Gasteiger partial charge in [-0.15, -0.1) is 0 Å². The van der Waals surface area contributed by atoms with Crippen molar-refractivity contribution in [3.05, 3.63) is 29.8 Å². The van der Waals surface area contributed by atoms with E-state index in [2.05, 4.69) is 0 Å². The molecule has 0 spiro atoms. The highest BCUT2D eigenvalue weighted by atomic mass is 16.5. The van der Waals surface area contributed by atoms with Crippen LogP contribution in [0.2, 0.25) is 0 Å². The topological polar surface area (TPSA) is 84.0 Å². The van der Waals surface area contributed by atoms with E-state index >= 15 is 0 Å². The fourth-order valence-electron chi connectivity index (χ4n) is 4.54. The van der Waals surface area contributed by atoms with Crippen molar-refractivity contribution in [2.75, 3.05) is 24.6 Å². The standard InChI is InChI=1S/C21H24N2O5/c24-18(22-11-9-14-5-1-4-8-17(14)22)13-28-19(25)10-12-23-20(26)15-6-2-3-7-16(15)21(23)27/h1,4-5,8,15-16H,2-3,6-7,9-13H2. The average Bonchev–Trinajstić information content (AvgIpc) is 3.25. The van der Waals surface area contributed by atoms with Crippen LogP contribution in [0.1, 0.15) is 37.7 Å². The summed E-state index contributed by atoms with van der Waals surface area (Å²) in [6.45, 7) is 0.278. The average molecular weight is 384 g/mol. The van der Waals surface area contributed by atoms with Crippen LogP contribution in [0.15, 0.2) is 24.3 Å². The lowest BCUT2D eigenvalue weighted by Crippen LogP contribution is -2.35. The second-order valence-corrected chi connectivity index (χ2v) is 7.66. The number of amides is 3. The molecule has 3 aliphatic rings. The Morgan fingerprint density at radius 2 is 1.71 bits per heavy atom. The molecule has 1 aromatic rings. The number of carbonyl (C=O) groups is 4. The van der Waals surface area contributed by atoms with Crippen LogP contribution in [0.4, 0.5) is 5.69 Å². The predicted octanol–water partition coefficient (Wildman–Crippen LogP) is 1.68. The Bertz CT molecular complexity index is 797. The fourth-order valence-corrected chi connectivity index (χ4v) is 4.54. The van der Waals surface area contributed by atoms with Crippen LogP contribution in [-0.2, 0) is 30.3 Å². The number of likely N-dealkylation sites (tertiary alicyclic amines) is 1. The molecule has 0 aromatic heterocycles. The third kappa shape index (κ3) is 3.41. The lowest BCUT2D eigenvalue weighted by Gasteiger charge is -2.19. The van der Waals surface area contributed by atoms with Crippen molar-refractivity contribution in [3.63, 3.8) is 0 Å². The summed E-state index contributed by atoms with van der Waals surface area (Å²) in [4.78, 5) is 52.1. The lowest BCUT2D eigenvalue weighted by atomic mass is 9.81. The Morgan fingerprint density at radius 3 is 2.43 bits per heavy atom. The predicted molar refractivity (Wildman–Crippen MR) is 100 cm³/mol. The van der Waals surface area contributed by atoms with Gasteiger partial charge in [-0.3, -0.25) is 24.1 Å². The SMILES string of the molecule is O=C(CCN1C(=O)C2CCCCC2C1=O)OCC(=O)N1CCc2ccccc21. The van der Waals surface area contributed by atoms with Gasteiger partial charge in [0.15, 0.2) is 6.61 Å². The van der Waals surface area contributed by atoms with Crippen LogP contribution in [0.3, 0.4) is 0 Å². The highest BCUT2D eigenvalue weighted by Gasteiger charge is 2.47. The number of hydrogen-bond donors (Lipinski definition) is 0. The second kappa shape index (κ2) is 7.73. The molecule has 2 fully saturated rings. The van der Waals surface area contributed by atoms with Gasteiger partial charge in [-0.1, -0.05) is 31.0 Å². The zero-order valence-electron chi connectivity index (χ0n) is 15.8. The van der Waals surface area contributed by atoms with Crippen LogP contribution in [0, 0.1) is 11.8 Å². The number of rotatable bonds is 5. The van der Waals surface area contributed by atoms with Crippen LogP contribution < -0.4 is 4.90 Å². The van der Waals surface area contributed by atoms with Crippen molar-refractivity contribution in [2.45, 2.75) is 38.5 Å². The molecule has 28 heavy (non-hydrogen) atoms. The van der Waals surface area contributed by atoms with E-state index in [9.17, 15) is 19.2 Å². The number of anilines is 1. The molecular formula is C21H24N2O5. The van der Waals surface area contributed by atoms with E-state index in [4.69, 9.17) is 4.74 Å². The lowest BCUT2D eigenvalue weighted by molar-refractivity contribution is -0.149. The molecule has 2 heterocycles. The van der Waals surface area contributed by atoms with Gasteiger partial charge in [0.2, 0.25) is 11.8 Å². The smallest absolute Gasteiger partial charge is 0.308 e. The molecular weight excluding hydrogens is 360 g/mol. The largest absolute Gasteiger partial charge is 0.455 e. The maximum Gasteiger partial charge on any atom is 0.308 e. The number of esters is 1. The minimum absolute atomic E-state index is 0.0320. The van der Waals surface area contributed by atoms with Gasteiger partial charge < -0.3 is 9.64 Å². The van der Waals surface area contributed by atoms with Crippen molar-refractivity contribution in [1.82, 2.24) is 4.90 Å². The summed E-state index contributed by atoms with van der Waals surface area (Å²) in [5.74, 6) is -1.59. The molecule has 2 atom stereocenters. The van der Waals surface area contributed by atoms with E-state index in [1.807, 2.05) is 24.3 Å². The van der Waals surface area contributed by atoms with Gasteiger partial charge in [-0.2, -0.15) is 0 Å². The van der Waals surface area contributed by atoms with E-state index in [1.54, 1.807) is 4.90 Å². The molecule has 4 rings (SSSR count). The number of para-hydroxylation sites is 1. The van der Waals surface area contributed by atoms with Gasteiger partial charge >= 0.3 is 5.97 Å². The molecule has 1 aromatic carbocycles. The monoisotopic (exact) mass is 384 g/mol. The molecule has 2 unspecified atom stereocenters. The molecule has 7 nitrogen and oxygen atoms in total. The van der Waals surface area contributed by atoms with Crippen LogP contribution in [0.5, 0.6) is 0 Å². The molecule has 2 aliphatic heterocycles. The number of nitrogens with zero attached hydrogens (tertiary/aromatic N) is 2. The summed E-state index contributed by atoms with van der Waals surface area (Å²) in [6.07, 6.45) is 4.15. The summed E-state index contributed by atoms with van der Waals surface area (Å²) >= 11 is 0. The Kier molecular flexibility index (Phi) is 5.15. The minimum atomic E-state index is -0.573. The highest BCUT2D eigenvalue weighted by molar-refractivity contribution is 6.05. The third-order valence-electron chi connectivity index (χ3n) is 6.02. The van der Waals surface area contributed by atoms with E-state index in [-0.39, 0.29) is 49.1 Å². The molecule has 1 saturated carbocycles. The number of ether oxygens (including phenoxy) is 1. The maximum absolute atomic E-state index is 12.4. The Balaban J connectivity index is 1.26. The van der Waals surface area contributed by atoms with Gasteiger partial charge in [0, 0.05) is 18.8 Å². The number of benzene rings is 1. The van der Waals surface area contributed by atoms with E-state index in [0.717, 1.165) is 43.4 Å². The molecule has 0 N–H and O–H groups in total. The second-order valence-electron chi connectivity index (χ2n) is 7.66. The van der Waals surface area contributed by atoms with Gasteiger partial charge in [0.25, 0.3) is 5.91 Å². The van der Waals surface area contributed by atoms with E-state index in [0.29, 0.717) is 6.54 Å². The molecule has 1 aliphatic carbocycles. The van der Waals surface area contributed by atoms with Gasteiger partial charge in [0.05, 0.1) is 18.3 Å². The first-order valence-corrected chi connectivity index (χ1v) is 9.95. The number of fused-ring (bicyclic) bond motifs is 2. The summed E-state index contributed by atoms with van der Waals surface area (Å²) in [5, 5.41) is 0. The van der Waals surface area contributed by atoms with Gasteiger partial charge in [-0.25, -0.2) is 0 Å². The Labute approximate surface area is 163 Å². The molecule has 1 saturated heterocycles. The number of hydrogen-bond acceptors (Lipinski definition) is 5. The van der Waals surface area contributed by atoms with E-state index in [1.165, 1.54) is 4.90 Å². The summed E-state index contributed by atoms with van der Waals surface area (Å²) in [6, 6.07) is 7.67. The first-order valence-electron chi connectivity index (χ1n) is 9.95. The van der Waals surface area contributed by atoms with Crippen molar-refractivity contribution in [2.24, 2.45) is 11.8 Å². The van der Waals surface area contributed by atoms with Gasteiger partial charge in [0.1, 0.15) is 0 Å². The summed E-state index contributed by atoms with van der Waals surface area (Å²) in [7, 11) is 0. The molecule has 148 valence electrons. The third-order valence-corrected chi connectivity index (χ3v) is 6.02. The molecule has 7 heteroatoms. The summed E-state index contributed by atoms with van der Waals surface area (Å²) < 4.78 is 5.10. The van der Waals surface area contributed by atoms with Crippen LogP contribution in [0.25, 0.3) is 0 Å².